The normalized spacial score (nSPS) is 18.4. The Bertz CT molecular complexity index is 1060. The third-order valence-electron chi connectivity index (χ3n) is 7.05. The summed E-state index contributed by atoms with van der Waals surface area (Å²) >= 11 is 0. The van der Waals surface area contributed by atoms with Crippen molar-refractivity contribution >= 4 is 15.9 Å². The second kappa shape index (κ2) is 10.4. The maximum absolute atomic E-state index is 13.2. The highest BCUT2D eigenvalue weighted by molar-refractivity contribution is 7.89. The maximum Gasteiger partial charge on any atom is 0.251 e. The minimum absolute atomic E-state index is 0.0341. The van der Waals surface area contributed by atoms with E-state index in [0.29, 0.717) is 47.4 Å². The van der Waals surface area contributed by atoms with E-state index in [9.17, 15) is 13.2 Å². The van der Waals surface area contributed by atoms with Crippen LogP contribution in [0.3, 0.4) is 0 Å². The monoisotopic (exact) mass is 472 g/mol. The van der Waals surface area contributed by atoms with Crippen molar-refractivity contribution in [3.63, 3.8) is 0 Å². The van der Waals surface area contributed by atoms with Gasteiger partial charge in [0.25, 0.3) is 5.91 Å². The van der Waals surface area contributed by atoms with Gasteiger partial charge in [0.05, 0.1) is 17.9 Å². The zero-order valence-corrected chi connectivity index (χ0v) is 20.7. The van der Waals surface area contributed by atoms with Crippen molar-refractivity contribution in [1.29, 1.82) is 0 Å². The molecule has 2 fully saturated rings. The molecule has 0 radical (unpaired) electrons. The lowest BCUT2D eigenvalue weighted by atomic mass is 9.89. The van der Waals surface area contributed by atoms with Crippen LogP contribution in [0.5, 0.6) is 0 Å². The van der Waals surface area contributed by atoms with Gasteiger partial charge in [0.1, 0.15) is 4.90 Å². The fourth-order valence-corrected chi connectivity index (χ4v) is 7.00. The first-order valence-corrected chi connectivity index (χ1v) is 13.7. The number of carbonyl (C=O) groups excluding carboxylic acids is 1. The molecule has 180 valence electrons. The zero-order valence-electron chi connectivity index (χ0n) is 19.8. The van der Waals surface area contributed by atoms with Crippen LogP contribution < -0.4 is 5.32 Å². The highest BCUT2D eigenvalue weighted by atomic mass is 32.2. The van der Waals surface area contributed by atoms with Gasteiger partial charge >= 0.3 is 0 Å². The van der Waals surface area contributed by atoms with Crippen molar-refractivity contribution < 1.29 is 13.2 Å². The third-order valence-corrected chi connectivity index (χ3v) is 9.20. The lowest BCUT2D eigenvalue weighted by Crippen LogP contribution is -2.36. The predicted molar refractivity (Wildman–Crippen MR) is 129 cm³/mol. The van der Waals surface area contributed by atoms with Gasteiger partial charge in [0, 0.05) is 25.2 Å². The summed E-state index contributed by atoms with van der Waals surface area (Å²) in [5.41, 5.74) is 2.83. The average molecular weight is 473 g/mol. The summed E-state index contributed by atoms with van der Waals surface area (Å²) in [6.45, 7) is 5.96. The van der Waals surface area contributed by atoms with Gasteiger partial charge in [0.2, 0.25) is 10.0 Å². The molecule has 1 aliphatic heterocycles. The first kappa shape index (κ1) is 24.0. The van der Waals surface area contributed by atoms with Crippen LogP contribution in [0, 0.1) is 19.8 Å². The van der Waals surface area contributed by atoms with Crippen LogP contribution in [0.25, 0.3) is 0 Å². The van der Waals surface area contributed by atoms with E-state index < -0.39 is 10.0 Å². The van der Waals surface area contributed by atoms with Crippen LogP contribution >= 0.6 is 0 Å². The molecule has 1 saturated carbocycles. The van der Waals surface area contributed by atoms with E-state index in [1.165, 1.54) is 32.1 Å². The molecule has 1 saturated heterocycles. The molecular weight excluding hydrogens is 436 g/mol. The van der Waals surface area contributed by atoms with E-state index in [2.05, 4.69) is 10.4 Å². The van der Waals surface area contributed by atoms with Crippen molar-refractivity contribution in [1.82, 2.24) is 19.4 Å². The number of nitrogens with zero attached hydrogens (tertiary/aromatic N) is 3. The molecule has 1 aromatic carbocycles. The number of carbonyl (C=O) groups is 1. The Labute approximate surface area is 197 Å². The van der Waals surface area contributed by atoms with Gasteiger partial charge in [-0.25, -0.2) is 8.42 Å². The number of hydrogen-bond acceptors (Lipinski definition) is 4. The fourth-order valence-electron chi connectivity index (χ4n) is 5.11. The van der Waals surface area contributed by atoms with Crippen LogP contribution in [0.4, 0.5) is 0 Å². The van der Waals surface area contributed by atoms with Gasteiger partial charge < -0.3 is 5.32 Å². The molecule has 2 aliphatic rings. The Balaban J connectivity index is 1.42. The van der Waals surface area contributed by atoms with Gasteiger partial charge in [-0.05, 0) is 63.1 Å². The molecular formula is C25H36N4O3S. The lowest BCUT2D eigenvalue weighted by molar-refractivity contribution is 0.0943. The van der Waals surface area contributed by atoms with Crippen LogP contribution in [-0.4, -0.2) is 48.0 Å². The van der Waals surface area contributed by atoms with Crippen LogP contribution in [0.2, 0.25) is 0 Å². The van der Waals surface area contributed by atoms with E-state index in [0.717, 1.165) is 31.4 Å². The molecule has 1 aromatic heterocycles. The molecule has 8 heteroatoms. The number of amides is 1. The zero-order chi connectivity index (χ0) is 23.4. The molecule has 0 atom stereocenters. The first-order valence-electron chi connectivity index (χ1n) is 12.3. The summed E-state index contributed by atoms with van der Waals surface area (Å²) in [6.07, 6.45) is 9.16. The number of piperidine rings is 1. The topological polar surface area (TPSA) is 84.3 Å². The predicted octanol–water partition coefficient (Wildman–Crippen LogP) is 4.03. The Morgan fingerprint density at radius 1 is 1.00 bits per heavy atom. The second-order valence-corrected chi connectivity index (χ2v) is 11.4. The highest BCUT2D eigenvalue weighted by Gasteiger charge is 2.31. The number of aromatic nitrogens is 2. The second-order valence-electron chi connectivity index (χ2n) is 9.53. The van der Waals surface area contributed by atoms with Crippen molar-refractivity contribution in [3.8, 4) is 0 Å². The van der Waals surface area contributed by atoms with Crippen molar-refractivity contribution in [2.24, 2.45) is 5.92 Å². The smallest absolute Gasteiger partial charge is 0.251 e. The summed E-state index contributed by atoms with van der Waals surface area (Å²) in [4.78, 5) is 12.9. The molecule has 33 heavy (non-hydrogen) atoms. The Hall–Kier alpha value is -2.19. The first-order chi connectivity index (χ1) is 15.9. The van der Waals surface area contributed by atoms with Crippen molar-refractivity contribution in [2.75, 3.05) is 19.6 Å². The molecule has 4 rings (SSSR count). The number of hydrogen-bond donors (Lipinski definition) is 1. The number of rotatable bonds is 7. The summed E-state index contributed by atoms with van der Waals surface area (Å²) in [5.74, 6) is 0.566. The van der Waals surface area contributed by atoms with Gasteiger partial charge in [0.15, 0.2) is 0 Å². The van der Waals surface area contributed by atoms with Crippen molar-refractivity contribution in [2.45, 2.75) is 76.7 Å². The minimum Gasteiger partial charge on any atom is -0.352 e. The van der Waals surface area contributed by atoms with E-state index in [4.69, 9.17) is 0 Å². The molecule has 2 aromatic rings. The standard InChI is InChI=1S/C25H36N4O3S/c1-19-24(33(31,32)28-15-7-4-8-16-28)20(2)29(27-19)18-22-11-13-23(14-12-22)25(30)26-17-21-9-5-3-6-10-21/h11-14,21H,3-10,15-18H2,1-2H3,(H,26,30). The SMILES string of the molecule is Cc1nn(Cc2ccc(C(=O)NCC3CCCCC3)cc2)c(C)c1S(=O)(=O)N1CCCCC1. The number of nitrogens with one attached hydrogen (secondary N) is 1. The number of sulfonamides is 1. The van der Waals surface area contributed by atoms with E-state index in [1.807, 2.05) is 31.2 Å². The maximum atomic E-state index is 13.2. The number of benzene rings is 1. The van der Waals surface area contributed by atoms with Crippen LogP contribution in [-0.2, 0) is 16.6 Å². The molecule has 7 nitrogen and oxygen atoms in total. The summed E-state index contributed by atoms with van der Waals surface area (Å²) in [6, 6.07) is 7.51. The van der Waals surface area contributed by atoms with E-state index >= 15 is 0 Å². The van der Waals surface area contributed by atoms with Gasteiger partial charge in [-0.1, -0.05) is 37.8 Å². The molecule has 1 N–H and O–H groups in total. The molecule has 1 aliphatic carbocycles. The Morgan fingerprint density at radius 3 is 2.30 bits per heavy atom. The molecule has 1 amide bonds. The molecule has 0 unspecified atom stereocenters. The average Bonchev–Trinajstić information content (AvgIpc) is 3.12. The highest BCUT2D eigenvalue weighted by Crippen LogP contribution is 2.27. The van der Waals surface area contributed by atoms with Gasteiger partial charge in [-0.2, -0.15) is 9.40 Å². The molecule has 0 bridgehead atoms. The summed E-state index contributed by atoms with van der Waals surface area (Å²) in [7, 11) is -3.53. The largest absolute Gasteiger partial charge is 0.352 e. The quantitative estimate of drug-likeness (QED) is 0.659. The third kappa shape index (κ3) is 5.49. The van der Waals surface area contributed by atoms with Gasteiger partial charge in [-0.3, -0.25) is 9.48 Å². The number of aryl methyl sites for hydroxylation is 1. The molecule has 0 spiro atoms. The summed E-state index contributed by atoms with van der Waals surface area (Å²) in [5, 5.41) is 7.61. The minimum atomic E-state index is -3.53. The van der Waals surface area contributed by atoms with Crippen LogP contribution in [0.1, 0.15) is 78.7 Å². The van der Waals surface area contributed by atoms with Crippen molar-refractivity contribution in [3.05, 3.63) is 46.8 Å². The van der Waals surface area contributed by atoms with Gasteiger partial charge in [-0.15, -0.1) is 0 Å². The van der Waals surface area contributed by atoms with E-state index in [1.54, 1.807) is 15.9 Å². The van der Waals surface area contributed by atoms with Crippen LogP contribution in [0.15, 0.2) is 29.2 Å². The Kier molecular flexibility index (Phi) is 7.54. The lowest BCUT2D eigenvalue weighted by Gasteiger charge is -2.26. The Morgan fingerprint density at radius 2 is 1.64 bits per heavy atom. The fraction of sp³-hybridized carbons (Fsp3) is 0.600. The molecule has 2 heterocycles. The summed E-state index contributed by atoms with van der Waals surface area (Å²) < 4.78 is 29.8. The van der Waals surface area contributed by atoms with E-state index in [-0.39, 0.29) is 5.91 Å².